The Balaban J connectivity index is 1.70. The zero-order valence-corrected chi connectivity index (χ0v) is 18.4. The van der Waals surface area contributed by atoms with Crippen LogP contribution in [0.4, 0.5) is 0 Å². The molecule has 2 amide bonds. The molecule has 0 bridgehead atoms. The van der Waals surface area contributed by atoms with Crippen molar-refractivity contribution in [2.24, 2.45) is 0 Å². The van der Waals surface area contributed by atoms with Crippen LogP contribution < -0.4 is 5.56 Å². The van der Waals surface area contributed by atoms with E-state index in [1.54, 1.807) is 33.8 Å². The van der Waals surface area contributed by atoms with E-state index >= 15 is 0 Å². The van der Waals surface area contributed by atoms with Crippen molar-refractivity contribution in [3.8, 4) is 0 Å². The van der Waals surface area contributed by atoms with Gasteiger partial charge in [0.2, 0.25) is 0 Å². The highest BCUT2D eigenvalue weighted by Gasteiger charge is 2.30. The van der Waals surface area contributed by atoms with E-state index in [1.165, 1.54) is 0 Å². The smallest absolute Gasteiger partial charge is 0.289 e. The average molecular weight is 434 g/mol. The molecule has 8 heteroatoms. The molecule has 32 heavy (non-hydrogen) atoms. The lowest BCUT2D eigenvalue weighted by Gasteiger charge is -2.30. The zero-order chi connectivity index (χ0) is 22.7. The van der Waals surface area contributed by atoms with Gasteiger partial charge in [-0.05, 0) is 36.5 Å². The van der Waals surface area contributed by atoms with Crippen molar-refractivity contribution in [1.29, 1.82) is 0 Å². The largest absolute Gasteiger partial charge is 0.342 e. The van der Waals surface area contributed by atoms with Crippen LogP contribution in [-0.2, 0) is 25.9 Å². The van der Waals surface area contributed by atoms with Gasteiger partial charge in [0, 0.05) is 51.8 Å². The van der Waals surface area contributed by atoms with Crippen LogP contribution in [0, 0.1) is 0 Å². The first kappa shape index (κ1) is 21.5. The van der Waals surface area contributed by atoms with Crippen molar-refractivity contribution in [2.45, 2.75) is 32.9 Å². The number of nitrogens with zero attached hydrogens (tertiary/aromatic N) is 4. The predicted molar refractivity (Wildman–Crippen MR) is 121 cm³/mol. The molecule has 0 atom stereocenters. The zero-order valence-electron chi connectivity index (χ0n) is 18.4. The molecule has 0 radical (unpaired) electrons. The fourth-order valence-electron chi connectivity index (χ4n) is 4.03. The van der Waals surface area contributed by atoms with Crippen LogP contribution >= 0.6 is 0 Å². The summed E-state index contributed by atoms with van der Waals surface area (Å²) >= 11 is 0. The van der Waals surface area contributed by atoms with Crippen molar-refractivity contribution in [3.63, 3.8) is 0 Å². The molecule has 3 heterocycles. The van der Waals surface area contributed by atoms with Gasteiger partial charge in [0.15, 0.2) is 5.82 Å². The third-order valence-corrected chi connectivity index (χ3v) is 5.98. The Labute approximate surface area is 186 Å². The summed E-state index contributed by atoms with van der Waals surface area (Å²) in [5.41, 5.74) is 2.66. The molecule has 0 aliphatic carbocycles. The van der Waals surface area contributed by atoms with Crippen LogP contribution in [0.5, 0.6) is 0 Å². The van der Waals surface area contributed by atoms with Crippen LogP contribution in [-0.4, -0.2) is 56.3 Å². The third-order valence-electron chi connectivity index (χ3n) is 5.98. The molecule has 0 spiro atoms. The lowest BCUT2D eigenvalue weighted by atomic mass is 9.95. The number of aryl methyl sites for hydroxylation is 2. The van der Waals surface area contributed by atoms with Crippen LogP contribution in [0.2, 0.25) is 0 Å². The molecule has 8 nitrogen and oxygen atoms in total. The number of fused-ring (bicyclic) bond motifs is 1. The lowest BCUT2D eigenvalue weighted by Crippen LogP contribution is -2.42. The standard InChI is InChI=1S/C24H27N5O3/c1-3-27(2)22(30)20-19-10-14-29(24(32)21-25-11-12-26-21)16-18(19)15-28(23(20)31)13-9-17-7-5-4-6-8-17/h4-8,11-12,15H,3,9-10,13-14,16H2,1-2H3,(H,25,26). The molecule has 2 aromatic heterocycles. The highest BCUT2D eigenvalue weighted by Crippen LogP contribution is 2.23. The molecule has 1 aromatic carbocycles. The van der Waals surface area contributed by atoms with Crippen molar-refractivity contribution >= 4 is 11.8 Å². The van der Waals surface area contributed by atoms with Crippen molar-refractivity contribution < 1.29 is 9.59 Å². The fraction of sp³-hybridized carbons (Fsp3) is 0.333. The van der Waals surface area contributed by atoms with Gasteiger partial charge in [0.1, 0.15) is 5.56 Å². The topological polar surface area (TPSA) is 91.3 Å². The second-order valence-electron chi connectivity index (χ2n) is 7.98. The van der Waals surface area contributed by atoms with Gasteiger partial charge in [0.05, 0.1) is 0 Å². The fourth-order valence-corrected chi connectivity index (χ4v) is 4.03. The predicted octanol–water partition coefficient (Wildman–Crippen LogP) is 2.10. The van der Waals surface area contributed by atoms with Gasteiger partial charge in [-0.1, -0.05) is 30.3 Å². The van der Waals surface area contributed by atoms with E-state index in [4.69, 9.17) is 0 Å². The molecule has 1 aliphatic rings. The summed E-state index contributed by atoms with van der Waals surface area (Å²) < 4.78 is 1.61. The Morgan fingerprint density at radius 2 is 2.00 bits per heavy atom. The number of aromatic amines is 1. The Kier molecular flexibility index (Phi) is 6.20. The van der Waals surface area contributed by atoms with E-state index in [0.717, 1.165) is 16.7 Å². The molecule has 166 valence electrons. The monoisotopic (exact) mass is 433 g/mol. The molecule has 4 rings (SSSR count). The van der Waals surface area contributed by atoms with Gasteiger partial charge in [0.25, 0.3) is 17.4 Å². The minimum Gasteiger partial charge on any atom is -0.342 e. The maximum absolute atomic E-state index is 13.3. The number of hydrogen-bond acceptors (Lipinski definition) is 4. The Hall–Kier alpha value is -3.68. The second-order valence-corrected chi connectivity index (χ2v) is 7.98. The van der Waals surface area contributed by atoms with Gasteiger partial charge in [-0.15, -0.1) is 0 Å². The van der Waals surface area contributed by atoms with E-state index in [1.807, 2.05) is 43.5 Å². The average Bonchev–Trinajstić information content (AvgIpc) is 3.37. The first-order valence-corrected chi connectivity index (χ1v) is 10.8. The normalized spacial score (nSPS) is 13.0. The number of benzene rings is 1. The van der Waals surface area contributed by atoms with Crippen molar-refractivity contribution in [3.05, 3.63) is 87.4 Å². The number of carbonyl (C=O) groups is 2. The summed E-state index contributed by atoms with van der Waals surface area (Å²) in [6.07, 6.45) is 6.10. The Morgan fingerprint density at radius 1 is 1.22 bits per heavy atom. The lowest BCUT2D eigenvalue weighted by molar-refractivity contribution is 0.0722. The molecule has 0 fully saturated rings. The number of nitrogens with one attached hydrogen (secondary N) is 1. The van der Waals surface area contributed by atoms with Crippen molar-refractivity contribution in [2.75, 3.05) is 20.1 Å². The summed E-state index contributed by atoms with van der Waals surface area (Å²) in [6.45, 7) is 3.60. The summed E-state index contributed by atoms with van der Waals surface area (Å²) in [5.74, 6) is -0.178. The van der Waals surface area contributed by atoms with E-state index in [2.05, 4.69) is 9.97 Å². The Morgan fingerprint density at radius 3 is 2.69 bits per heavy atom. The third kappa shape index (κ3) is 4.21. The molecule has 0 saturated carbocycles. The summed E-state index contributed by atoms with van der Waals surface area (Å²) in [4.78, 5) is 49.4. The molecule has 0 unspecified atom stereocenters. The first-order valence-electron chi connectivity index (χ1n) is 10.8. The van der Waals surface area contributed by atoms with Gasteiger partial charge in [-0.25, -0.2) is 4.98 Å². The van der Waals surface area contributed by atoms with Gasteiger partial charge >= 0.3 is 0 Å². The minimum absolute atomic E-state index is 0.193. The number of imidazole rings is 1. The van der Waals surface area contributed by atoms with Crippen LogP contribution in [0.3, 0.4) is 0 Å². The van der Waals surface area contributed by atoms with E-state index in [-0.39, 0.29) is 28.8 Å². The van der Waals surface area contributed by atoms with E-state index < -0.39 is 0 Å². The van der Waals surface area contributed by atoms with E-state index in [9.17, 15) is 14.4 Å². The molecule has 1 N–H and O–H groups in total. The molecular weight excluding hydrogens is 406 g/mol. The number of aromatic nitrogens is 3. The second kappa shape index (κ2) is 9.21. The number of H-pyrrole nitrogens is 1. The maximum atomic E-state index is 13.3. The van der Waals surface area contributed by atoms with Crippen LogP contribution in [0.1, 0.15) is 44.6 Å². The quantitative estimate of drug-likeness (QED) is 0.645. The van der Waals surface area contributed by atoms with Gasteiger partial charge in [-0.2, -0.15) is 0 Å². The summed E-state index contributed by atoms with van der Waals surface area (Å²) in [6, 6.07) is 9.92. The highest BCUT2D eigenvalue weighted by atomic mass is 16.2. The van der Waals surface area contributed by atoms with Gasteiger partial charge < -0.3 is 19.4 Å². The Bertz CT molecular complexity index is 1170. The SMILES string of the molecule is CCN(C)C(=O)c1c2c(cn(CCc3ccccc3)c1=O)CN(C(=O)c1ncc[nH]1)CC2. The molecule has 0 saturated heterocycles. The van der Waals surface area contributed by atoms with Crippen LogP contribution in [0.15, 0.2) is 53.7 Å². The van der Waals surface area contributed by atoms with Gasteiger partial charge in [-0.3, -0.25) is 14.4 Å². The molecule has 1 aliphatic heterocycles. The number of rotatable bonds is 6. The van der Waals surface area contributed by atoms with E-state index in [0.29, 0.717) is 39.0 Å². The summed E-state index contributed by atoms with van der Waals surface area (Å²) in [7, 11) is 1.70. The maximum Gasteiger partial charge on any atom is 0.289 e. The number of pyridine rings is 1. The van der Waals surface area contributed by atoms with Crippen LogP contribution in [0.25, 0.3) is 0 Å². The first-order chi connectivity index (χ1) is 15.5. The minimum atomic E-state index is -0.270. The number of carbonyl (C=O) groups excluding carboxylic acids is 2. The number of hydrogen-bond donors (Lipinski definition) is 1. The summed E-state index contributed by atoms with van der Waals surface area (Å²) in [5, 5.41) is 0. The molecular formula is C24H27N5O3. The highest BCUT2D eigenvalue weighted by molar-refractivity contribution is 5.96. The molecule has 3 aromatic rings. The van der Waals surface area contributed by atoms with Crippen molar-refractivity contribution in [1.82, 2.24) is 24.3 Å². The number of amides is 2.